The first-order valence-corrected chi connectivity index (χ1v) is 12.6. The number of ether oxygens (including phenoxy) is 2. The van der Waals surface area contributed by atoms with Crippen molar-refractivity contribution in [2.75, 3.05) is 5.32 Å². The molecule has 0 bridgehead atoms. The lowest BCUT2D eigenvalue weighted by atomic mass is 10.1. The van der Waals surface area contributed by atoms with E-state index in [0.717, 1.165) is 42.0 Å². The Labute approximate surface area is 202 Å². The third-order valence-electron chi connectivity index (χ3n) is 6.91. The Morgan fingerprint density at radius 1 is 1.00 bits per heavy atom. The second-order valence-electron chi connectivity index (χ2n) is 9.36. The zero-order valence-corrected chi connectivity index (χ0v) is 20.4. The molecule has 0 amide bonds. The van der Waals surface area contributed by atoms with E-state index in [2.05, 4.69) is 48.4 Å². The fraction of sp³-hybridized carbons (Fsp3) is 0.464. The summed E-state index contributed by atoms with van der Waals surface area (Å²) in [4.78, 5) is 14.2. The lowest BCUT2D eigenvalue weighted by Gasteiger charge is -2.27. The number of nitrogens with zero attached hydrogens (tertiary/aromatic N) is 3. The fourth-order valence-corrected chi connectivity index (χ4v) is 5.10. The molecule has 2 aliphatic carbocycles. The van der Waals surface area contributed by atoms with E-state index in [1.165, 1.54) is 36.8 Å². The highest BCUT2D eigenvalue weighted by atomic mass is 16.5. The second kappa shape index (κ2) is 10.1. The molecular formula is C28H34N4O2. The van der Waals surface area contributed by atoms with E-state index in [4.69, 9.17) is 19.4 Å². The van der Waals surface area contributed by atoms with Gasteiger partial charge in [0.1, 0.15) is 11.5 Å². The van der Waals surface area contributed by atoms with Crippen molar-refractivity contribution >= 4 is 5.82 Å². The number of nitrogens with one attached hydrogen (secondary N) is 1. The highest BCUT2D eigenvalue weighted by molar-refractivity contribution is 5.50. The van der Waals surface area contributed by atoms with Gasteiger partial charge >= 0.3 is 0 Å². The molecule has 1 fully saturated rings. The van der Waals surface area contributed by atoms with Gasteiger partial charge in [-0.15, -0.1) is 0 Å². The molecule has 178 valence electrons. The third-order valence-corrected chi connectivity index (χ3v) is 6.91. The van der Waals surface area contributed by atoms with Crippen molar-refractivity contribution in [2.24, 2.45) is 0 Å². The Bertz CT molecular complexity index is 1140. The molecule has 2 aliphatic rings. The molecule has 0 spiro atoms. The molecule has 5 rings (SSSR count). The highest BCUT2D eigenvalue weighted by Gasteiger charge is 2.36. The molecule has 0 unspecified atom stereocenters. The smallest absolute Gasteiger partial charge is 0.243 e. The first-order chi connectivity index (χ1) is 16.6. The average Bonchev–Trinajstić information content (AvgIpc) is 3.48. The van der Waals surface area contributed by atoms with Crippen molar-refractivity contribution in [1.29, 1.82) is 0 Å². The van der Waals surface area contributed by atoms with Crippen LogP contribution in [0.1, 0.15) is 73.7 Å². The summed E-state index contributed by atoms with van der Waals surface area (Å²) < 4.78 is 12.7. The van der Waals surface area contributed by atoms with E-state index < -0.39 is 0 Å². The quantitative estimate of drug-likeness (QED) is 0.438. The molecule has 1 aromatic carbocycles. The summed E-state index contributed by atoms with van der Waals surface area (Å²) in [6.07, 6.45) is 9.49. The number of anilines is 1. The minimum atomic E-state index is 0.0614. The van der Waals surface area contributed by atoms with E-state index in [1.807, 2.05) is 19.1 Å². The Morgan fingerprint density at radius 3 is 2.56 bits per heavy atom. The highest BCUT2D eigenvalue weighted by Crippen LogP contribution is 2.39. The van der Waals surface area contributed by atoms with Crippen LogP contribution in [0.3, 0.4) is 0 Å². The summed E-state index contributed by atoms with van der Waals surface area (Å²) in [5.41, 5.74) is 5.47. The van der Waals surface area contributed by atoms with E-state index in [9.17, 15) is 0 Å². The number of aryl methyl sites for hydroxylation is 3. The van der Waals surface area contributed by atoms with E-state index >= 15 is 0 Å². The van der Waals surface area contributed by atoms with Gasteiger partial charge in [0.25, 0.3) is 0 Å². The molecule has 1 N–H and O–H groups in total. The number of fused-ring (bicyclic) bond motifs is 1. The largest absolute Gasteiger partial charge is 0.419 e. The van der Waals surface area contributed by atoms with E-state index in [1.54, 1.807) is 6.20 Å². The summed E-state index contributed by atoms with van der Waals surface area (Å²) in [6.45, 7) is 6.20. The number of hydrogen-bond donors (Lipinski definition) is 1. The van der Waals surface area contributed by atoms with Gasteiger partial charge in [0.2, 0.25) is 11.8 Å². The standard InChI is InChI=1S/C28H34N4O2/c1-4-22-27(30-23(5-2)28(31-22)34-25-16-18(3)14-15-29-25)32-26-21-13-9-6-10-19(21)17-24(26)33-20-11-7-8-12-20/h6,9-10,13-16,20,24,26H,4-5,7-8,11-12,17H2,1-3H3,(H,30,32)/t24-,26+/m0/s1. The second-order valence-corrected chi connectivity index (χ2v) is 9.36. The maximum absolute atomic E-state index is 6.64. The molecule has 34 heavy (non-hydrogen) atoms. The van der Waals surface area contributed by atoms with Gasteiger partial charge in [0, 0.05) is 18.7 Å². The molecule has 1 saturated carbocycles. The van der Waals surface area contributed by atoms with Crippen LogP contribution in [0.15, 0.2) is 42.6 Å². The first kappa shape index (κ1) is 22.8. The SMILES string of the molecule is CCc1nc(Oc2cc(C)ccn2)c(CC)nc1N[C@@H]1c2ccccc2C[C@@H]1OC1CCCC1. The van der Waals surface area contributed by atoms with Gasteiger partial charge < -0.3 is 14.8 Å². The lowest BCUT2D eigenvalue weighted by Crippen LogP contribution is -2.29. The monoisotopic (exact) mass is 458 g/mol. The van der Waals surface area contributed by atoms with Gasteiger partial charge in [-0.1, -0.05) is 51.0 Å². The number of rotatable bonds is 8. The van der Waals surface area contributed by atoms with Crippen molar-refractivity contribution in [3.63, 3.8) is 0 Å². The predicted octanol–water partition coefficient (Wildman–Crippen LogP) is 6.13. The van der Waals surface area contributed by atoms with Crippen LogP contribution in [-0.4, -0.2) is 27.2 Å². The van der Waals surface area contributed by atoms with Crippen LogP contribution in [0, 0.1) is 6.92 Å². The summed E-state index contributed by atoms with van der Waals surface area (Å²) in [5, 5.41) is 3.75. The predicted molar refractivity (Wildman–Crippen MR) is 133 cm³/mol. The summed E-state index contributed by atoms with van der Waals surface area (Å²) >= 11 is 0. The maximum Gasteiger partial charge on any atom is 0.243 e. The average molecular weight is 459 g/mol. The van der Waals surface area contributed by atoms with Crippen LogP contribution >= 0.6 is 0 Å². The summed E-state index contributed by atoms with van der Waals surface area (Å²) in [7, 11) is 0. The van der Waals surface area contributed by atoms with Crippen molar-refractivity contribution in [3.8, 4) is 11.8 Å². The van der Waals surface area contributed by atoms with Crippen LogP contribution in [0.4, 0.5) is 5.82 Å². The Kier molecular flexibility index (Phi) is 6.77. The Morgan fingerprint density at radius 2 is 1.79 bits per heavy atom. The number of hydrogen-bond acceptors (Lipinski definition) is 6. The van der Waals surface area contributed by atoms with Crippen molar-refractivity contribution in [1.82, 2.24) is 15.0 Å². The number of pyridine rings is 1. The molecule has 6 nitrogen and oxygen atoms in total. The molecular weight excluding hydrogens is 424 g/mol. The lowest BCUT2D eigenvalue weighted by molar-refractivity contribution is -0.0117. The summed E-state index contributed by atoms with van der Waals surface area (Å²) in [6, 6.07) is 12.6. The van der Waals surface area contributed by atoms with Crippen LogP contribution in [0.5, 0.6) is 11.8 Å². The minimum absolute atomic E-state index is 0.0614. The normalized spacial score (nSPS) is 19.9. The molecule has 0 aliphatic heterocycles. The molecule has 6 heteroatoms. The molecule has 0 radical (unpaired) electrons. The zero-order valence-electron chi connectivity index (χ0n) is 20.4. The number of aromatic nitrogens is 3. The molecule has 2 aromatic heterocycles. The van der Waals surface area contributed by atoms with Crippen LogP contribution in [0.25, 0.3) is 0 Å². The van der Waals surface area contributed by atoms with Gasteiger partial charge in [-0.2, -0.15) is 0 Å². The van der Waals surface area contributed by atoms with Gasteiger partial charge in [0.15, 0.2) is 0 Å². The molecule has 2 atom stereocenters. The molecule has 3 aromatic rings. The third kappa shape index (κ3) is 4.78. The van der Waals surface area contributed by atoms with Crippen LogP contribution < -0.4 is 10.1 Å². The van der Waals surface area contributed by atoms with Crippen molar-refractivity contribution < 1.29 is 9.47 Å². The maximum atomic E-state index is 6.64. The molecule has 2 heterocycles. The Hall–Kier alpha value is -2.99. The fourth-order valence-electron chi connectivity index (χ4n) is 5.10. The van der Waals surface area contributed by atoms with Gasteiger partial charge in [-0.3, -0.25) is 0 Å². The molecule has 0 saturated heterocycles. The van der Waals surface area contributed by atoms with Crippen molar-refractivity contribution in [2.45, 2.75) is 84.0 Å². The van der Waals surface area contributed by atoms with Gasteiger partial charge in [-0.05, 0) is 55.4 Å². The van der Waals surface area contributed by atoms with Crippen molar-refractivity contribution in [3.05, 3.63) is 70.7 Å². The summed E-state index contributed by atoms with van der Waals surface area (Å²) in [5.74, 6) is 1.90. The number of benzene rings is 1. The minimum Gasteiger partial charge on any atom is -0.419 e. The van der Waals surface area contributed by atoms with Crippen LogP contribution in [0.2, 0.25) is 0 Å². The van der Waals surface area contributed by atoms with E-state index in [0.29, 0.717) is 17.9 Å². The Balaban J connectivity index is 1.44. The topological polar surface area (TPSA) is 69.2 Å². The first-order valence-electron chi connectivity index (χ1n) is 12.6. The van der Waals surface area contributed by atoms with E-state index in [-0.39, 0.29) is 12.1 Å². The van der Waals surface area contributed by atoms with Gasteiger partial charge in [-0.25, -0.2) is 15.0 Å². The van der Waals surface area contributed by atoms with Crippen LogP contribution in [-0.2, 0) is 24.0 Å². The van der Waals surface area contributed by atoms with Gasteiger partial charge in [0.05, 0.1) is 23.9 Å². The zero-order chi connectivity index (χ0) is 23.5.